The van der Waals surface area contributed by atoms with Crippen LogP contribution in [-0.2, 0) is 19.4 Å². The molecule has 3 rings (SSSR count). The van der Waals surface area contributed by atoms with Crippen molar-refractivity contribution in [3.63, 3.8) is 0 Å². The number of aryl methyl sites for hydroxylation is 1. The molecule has 128 valence electrons. The van der Waals surface area contributed by atoms with Gasteiger partial charge in [-0.3, -0.25) is 4.79 Å². The summed E-state index contributed by atoms with van der Waals surface area (Å²) in [6.45, 7) is 0.635. The summed E-state index contributed by atoms with van der Waals surface area (Å²) >= 11 is 0. The number of hydrogen-bond donors (Lipinski definition) is 1. The summed E-state index contributed by atoms with van der Waals surface area (Å²) in [5.74, 6) is 1.55. The van der Waals surface area contributed by atoms with Gasteiger partial charge in [0.05, 0.1) is 6.61 Å². The number of rotatable bonds is 6. The maximum Gasteiger partial charge on any atom is 0.253 e. The minimum atomic E-state index is -0.124. The highest BCUT2D eigenvalue weighted by molar-refractivity contribution is 5.94. The Hall–Kier alpha value is -2.34. The Morgan fingerprint density at radius 2 is 2.04 bits per heavy atom. The lowest BCUT2D eigenvalue weighted by Gasteiger charge is -2.15. The average molecular weight is 330 g/mol. The quantitative estimate of drug-likeness (QED) is 0.879. The van der Waals surface area contributed by atoms with Gasteiger partial charge >= 0.3 is 0 Å². The van der Waals surface area contributed by atoms with E-state index in [1.807, 2.05) is 0 Å². The fraction of sp³-hybridized carbons (Fsp3) is 0.444. The second kappa shape index (κ2) is 7.49. The number of likely N-dealkylation sites (N-methyl/N-ethyl adjacent to an activating group) is 1. The van der Waals surface area contributed by atoms with Crippen molar-refractivity contribution in [3.05, 3.63) is 46.8 Å². The molecule has 0 radical (unpaired) electrons. The summed E-state index contributed by atoms with van der Waals surface area (Å²) < 4.78 is 11.1. The van der Waals surface area contributed by atoms with Gasteiger partial charge < -0.3 is 19.3 Å². The largest absolute Gasteiger partial charge is 0.487 e. The molecule has 0 saturated heterocycles. The standard InChI is InChI=1S/C18H22N2O4/c1-20(10-11-21)18(22)13-6-8-14(9-7-13)23-12-16-15-4-2-3-5-17(15)24-19-16/h6-9,21H,2-5,10-12H2,1H3. The fourth-order valence-electron chi connectivity index (χ4n) is 2.88. The maximum absolute atomic E-state index is 12.1. The molecule has 0 spiro atoms. The third kappa shape index (κ3) is 3.59. The first-order valence-corrected chi connectivity index (χ1v) is 8.24. The van der Waals surface area contributed by atoms with Crippen LogP contribution in [0.5, 0.6) is 5.75 Å². The molecule has 0 saturated carbocycles. The Balaban J connectivity index is 1.60. The molecular weight excluding hydrogens is 308 g/mol. The van der Waals surface area contributed by atoms with E-state index >= 15 is 0 Å². The third-order valence-corrected chi connectivity index (χ3v) is 4.29. The van der Waals surface area contributed by atoms with Crippen molar-refractivity contribution in [1.82, 2.24) is 10.1 Å². The van der Waals surface area contributed by atoms with Crippen molar-refractivity contribution in [2.24, 2.45) is 0 Å². The summed E-state index contributed by atoms with van der Waals surface area (Å²) in [5, 5.41) is 13.0. The number of benzene rings is 1. The van der Waals surface area contributed by atoms with Gasteiger partial charge in [0, 0.05) is 31.1 Å². The normalized spacial score (nSPS) is 13.4. The molecular formula is C18H22N2O4. The fourth-order valence-corrected chi connectivity index (χ4v) is 2.88. The number of carbonyl (C=O) groups excluding carboxylic acids is 1. The summed E-state index contributed by atoms with van der Waals surface area (Å²) in [6.07, 6.45) is 4.28. The number of aliphatic hydroxyl groups is 1. The SMILES string of the molecule is CN(CCO)C(=O)c1ccc(OCc2noc3c2CCCC3)cc1. The molecule has 1 aliphatic carbocycles. The zero-order valence-corrected chi connectivity index (χ0v) is 13.8. The number of hydrogen-bond acceptors (Lipinski definition) is 5. The van der Waals surface area contributed by atoms with E-state index in [4.69, 9.17) is 14.4 Å². The highest BCUT2D eigenvalue weighted by Gasteiger charge is 2.19. The van der Waals surface area contributed by atoms with Gasteiger partial charge in [0.25, 0.3) is 5.91 Å². The molecule has 1 aromatic carbocycles. The molecule has 0 aliphatic heterocycles. The van der Waals surface area contributed by atoms with E-state index in [-0.39, 0.29) is 12.5 Å². The van der Waals surface area contributed by atoms with Crippen LogP contribution in [0.25, 0.3) is 0 Å². The molecule has 0 atom stereocenters. The van der Waals surface area contributed by atoms with Crippen LogP contribution in [0.3, 0.4) is 0 Å². The van der Waals surface area contributed by atoms with Crippen LogP contribution in [0.4, 0.5) is 0 Å². The van der Waals surface area contributed by atoms with Crippen LogP contribution >= 0.6 is 0 Å². The predicted octanol–water partition coefficient (Wildman–Crippen LogP) is 2.20. The highest BCUT2D eigenvalue weighted by Crippen LogP contribution is 2.25. The summed E-state index contributed by atoms with van der Waals surface area (Å²) in [7, 11) is 1.66. The van der Waals surface area contributed by atoms with Gasteiger partial charge in [0.2, 0.25) is 0 Å². The van der Waals surface area contributed by atoms with E-state index in [1.54, 1.807) is 31.3 Å². The molecule has 6 nitrogen and oxygen atoms in total. The van der Waals surface area contributed by atoms with Crippen molar-refractivity contribution < 1.29 is 19.2 Å². The van der Waals surface area contributed by atoms with E-state index < -0.39 is 0 Å². The first-order valence-electron chi connectivity index (χ1n) is 8.24. The number of fused-ring (bicyclic) bond motifs is 1. The van der Waals surface area contributed by atoms with Crippen LogP contribution in [-0.4, -0.2) is 41.3 Å². The average Bonchev–Trinajstić information content (AvgIpc) is 3.03. The van der Waals surface area contributed by atoms with Gasteiger partial charge in [0.15, 0.2) is 0 Å². The zero-order chi connectivity index (χ0) is 16.9. The van der Waals surface area contributed by atoms with Crippen molar-refractivity contribution in [2.75, 3.05) is 20.2 Å². The molecule has 1 amide bonds. The minimum Gasteiger partial charge on any atom is -0.487 e. The van der Waals surface area contributed by atoms with Crippen molar-refractivity contribution in [2.45, 2.75) is 32.3 Å². The molecule has 0 unspecified atom stereocenters. The summed E-state index contributed by atoms with van der Waals surface area (Å²) in [4.78, 5) is 13.6. The van der Waals surface area contributed by atoms with Crippen LogP contribution in [0, 0.1) is 0 Å². The van der Waals surface area contributed by atoms with E-state index in [0.29, 0.717) is 24.5 Å². The van der Waals surface area contributed by atoms with Gasteiger partial charge in [0.1, 0.15) is 23.8 Å². The third-order valence-electron chi connectivity index (χ3n) is 4.29. The van der Waals surface area contributed by atoms with Crippen molar-refractivity contribution in [3.8, 4) is 5.75 Å². The lowest BCUT2D eigenvalue weighted by Crippen LogP contribution is -2.29. The highest BCUT2D eigenvalue weighted by atomic mass is 16.5. The second-order valence-corrected chi connectivity index (χ2v) is 6.00. The van der Waals surface area contributed by atoms with Crippen molar-refractivity contribution >= 4 is 5.91 Å². The number of aromatic nitrogens is 1. The van der Waals surface area contributed by atoms with Crippen LogP contribution < -0.4 is 4.74 Å². The predicted molar refractivity (Wildman–Crippen MR) is 88.0 cm³/mol. The Kier molecular flexibility index (Phi) is 5.15. The van der Waals surface area contributed by atoms with Gasteiger partial charge in [-0.25, -0.2) is 0 Å². The monoisotopic (exact) mass is 330 g/mol. The Labute approximate surface area is 141 Å². The molecule has 2 aromatic rings. The molecule has 0 fully saturated rings. The van der Waals surface area contributed by atoms with E-state index in [1.165, 1.54) is 16.9 Å². The van der Waals surface area contributed by atoms with E-state index in [9.17, 15) is 4.79 Å². The number of nitrogens with zero attached hydrogens (tertiary/aromatic N) is 2. The molecule has 6 heteroatoms. The molecule has 1 N–H and O–H groups in total. The maximum atomic E-state index is 12.1. The molecule has 24 heavy (non-hydrogen) atoms. The van der Waals surface area contributed by atoms with Crippen molar-refractivity contribution in [1.29, 1.82) is 0 Å². The topological polar surface area (TPSA) is 75.8 Å². The summed E-state index contributed by atoms with van der Waals surface area (Å²) in [5.41, 5.74) is 2.63. The Morgan fingerprint density at radius 3 is 2.79 bits per heavy atom. The van der Waals surface area contributed by atoms with Crippen LogP contribution in [0.15, 0.2) is 28.8 Å². The first-order chi connectivity index (χ1) is 11.7. The van der Waals surface area contributed by atoms with Gasteiger partial charge in [-0.1, -0.05) is 5.16 Å². The first kappa shape index (κ1) is 16.5. The zero-order valence-electron chi connectivity index (χ0n) is 13.8. The van der Waals surface area contributed by atoms with E-state index in [0.717, 1.165) is 30.7 Å². The smallest absolute Gasteiger partial charge is 0.253 e. The molecule has 0 bridgehead atoms. The van der Waals surface area contributed by atoms with Gasteiger partial charge in [-0.15, -0.1) is 0 Å². The Bertz CT molecular complexity index is 694. The lowest BCUT2D eigenvalue weighted by molar-refractivity contribution is 0.0767. The molecule has 1 aliphatic rings. The second-order valence-electron chi connectivity index (χ2n) is 6.00. The van der Waals surface area contributed by atoms with Crippen LogP contribution in [0.2, 0.25) is 0 Å². The lowest BCUT2D eigenvalue weighted by atomic mass is 9.97. The number of ether oxygens (including phenoxy) is 1. The minimum absolute atomic E-state index is 0.0501. The molecule has 1 aromatic heterocycles. The molecule has 1 heterocycles. The number of amides is 1. The summed E-state index contributed by atoms with van der Waals surface area (Å²) in [6, 6.07) is 6.99. The number of aliphatic hydroxyl groups excluding tert-OH is 1. The number of carbonyl (C=O) groups is 1. The van der Waals surface area contributed by atoms with E-state index in [2.05, 4.69) is 5.16 Å². The van der Waals surface area contributed by atoms with Gasteiger partial charge in [-0.2, -0.15) is 0 Å². The van der Waals surface area contributed by atoms with Crippen LogP contribution in [0.1, 0.15) is 40.2 Å². The Morgan fingerprint density at radius 1 is 1.29 bits per heavy atom. The van der Waals surface area contributed by atoms with Gasteiger partial charge in [-0.05, 0) is 43.5 Å².